The molecule has 0 amide bonds. The van der Waals surface area contributed by atoms with Crippen LogP contribution in [0.5, 0.6) is 0 Å². The predicted molar refractivity (Wildman–Crippen MR) is 343 cm³/mol. The molecule has 488 valence electrons. The van der Waals surface area contributed by atoms with Gasteiger partial charge in [-0.05, 0) is 110 Å². The number of ether oxygens (including phenoxy) is 12. The summed E-state index contributed by atoms with van der Waals surface area (Å²) in [6, 6.07) is 64.1. The van der Waals surface area contributed by atoms with Crippen molar-refractivity contribution in [3.05, 3.63) is 299 Å². The highest BCUT2D eigenvalue weighted by molar-refractivity contribution is 5.93. The van der Waals surface area contributed by atoms with Gasteiger partial charge in [0, 0.05) is 6.42 Å². The van der Waals surface area contributed by atoms with E-state index in [0.29, 0.717) is 0 Å². The van der Waals surface area contributed by atoms with Gasteiger partial charge in [0.05, 0.1) is 57.7 Å². The lowest BCUT2D eigenvalue weighted by molar-refractivity contribution is -0.298. The van der Waals surface area contributed by atoms with E-state index in [-0.39, 0.29) is 70.6 Å². The summed E-state index contributed by atoms with van der Waals surface area (Å²) >= 11 is 0. The van der Waals surface area contributed by atoms with Crippen molar-refractivity contribution in [3.8, 4) is 11.8 Å². The Morgan fingerprint density at radius 1 is 0.312 bits per heavy atom. The number of rotatable bonds is 25. The highest BCUT2D eigenvalue weighted by Gasteiger charge is 2.55. The van der Waals surface area contributed by atoms with Gasteiger partial charge in [-0.1, -0.05) is 164 Å². The molecule has 10 rings (SSSR count). The molecule has 2 fully saturated rings. The summed E-state index contributed by atoms with van der Waals surface area (Å²) in [5, 5.41) is 0. The molecule has 20 heteroatoms. The molecule has 2 aliphatic heterocycles. The second kappa shape index (κ2) is 34.5. The van der Waals surface area contributed by atoms with Crippen molar-refractivity contribution in [1.82, 2.24) is 0 Å². The van der Waals surface area contributed by atoms with Crippen LogP contribution in [0.1, 0.15) is 95.7 Å². The first-order valence-electron chi connectivity index (χ1n) is 30.7. The number of allylic oxidation sites excluding steroid dienone is 1. The number of benzene rings is 8. The minimum atomic E-state index is -1.64. The fraction of sp³-hybridized carbons (Fsp3) is 0.211. The zero-order valence-electron chi connectivity index (χ0n) is 51.4. The number of carbonyl (C=O) groups is 8. The predicted octanol–water partition coefficient (Wildman–Crippen LogP) is 10.9. The largest absolute Gasteiger partial charge is 0.459 e. The Balaban J connectivity index is 0.879. The van der Waals surface area contributed by atoms with E-state index in [2.05, 4.69) is 11.8 Å². The van der Waals surface area contributed by atoms with Crippen LogP contribution in [0.4, 0.5) is 0 Å². The van der Waals surface area contributed by atoms with Crippen molar-refractivity contribution in [3.63, 3.8) is 0 Å². The van der Waals surface area contributed by atoms with Gasteiger partial charge in [0.25, 0.3) is 0 Å². The summed E-state index contributed by atoms with van der Waals surface area (Å²) in [6.45, 7) is -1.42. The first-order chi connectivity index (χ1) is 47.0. The fourth-order valence-electron chi connectivity index (χ4n) is 10.1. The quantitative estimate of drug-likeness (QED) is 0.0223. The summed E-state index contributed by atoms with van der Waals surface area (Å²) in [6.07, 6.45) is -12.1. The Morgan fingerprint density at radius 2 is 0.562 bits per heavy atom. The molecule has 5 unspecified atom stereocenters. The minimum Gasteiger partial charge on any atom is -0.459 e. The van der Waals surface area contributed by atoms with Crippen LogP contribution in [-0.2, 0) is 56.8 Å². The van der Waals surface area contributed by atoms with E-state index in [1.54, 1.807) is 176 Å². The maximum Gasteiger partial charge on any atom is 0.338 e. The lowest BCUT2D eigenvalue weighted by atomic mass is 9.97. The van der Waals surface area contributed by atoms with Crippen LogP contribution in [0.2, 0.25) is 0 Å². The van der Waals surface area contributed by atoms with Gasteiger partial charge in [0.2, 0.25) is 0 Å². The van der Waals surface area contributed by atoms with Crippen molar-refractivity contribution < 1.29 is 95.2 Å². The van der Waals surface area contributed by atoms with Gasteiger partial charge in [-0.2, -0.15) is 0 Å². The molecule has 8 aromatic carbocycles. The highest BCUT2D eigenvalue weighted by atomic mass is 16.7. The zero-order chi connectivity index (χ0) is 66.9. The van der Waals surface area contributed by atoms with Crippen molar-refractivity contribution in [1.29, 1.82) is 0 Å². The molecular formula is C76H64O20. The highest BCUT2D eigenvalue weighted by Crippen LogP contribution is 2.34. The second-order valence-corrected chi connectivity index (χ2v) is 21.4. The second-order valence-electron chi connectivity index (χ2n) is 21.4. The van der Waals surface area contributed by atoms with E-state index >= 15 is 0 Å². The van der Waals surface area contributed by atoms with Crippen LogP contribution < -0.4 is 0 Å². The van der Waals surface area contributed by atoms with E-state index in [1.807, 2.05) is 0 Å². The Bertz CT molecular complexity index is 3960. The van der Waals surface area contributed by atoms with E-state index in [9.17, 15) is 38.4 Å². The van der Waals surface area contributed by atoms with Gasteiger partial charge in [-0.3, -0.25) is 0 Å². The third-order valence-corrected chi connectivity index (χ3v) is 14.9. The molecule has 0 saturated carbocycles. The van der Waals surface area contributed by atoms with E-state index in [0.717, 1.165) is 0 Å². The van der Waals surface area contributed by atoms with Crippen LogP contribution in [0.25, 0.3) is 0 Å². The molecule has 2 saturated heterocycles. The first-order valence-corrected chi connectivity index (χ1v) is 30.7. The topological polar surface area (TPSA) is 247 Å². The van der Waals surface area contributed by atoms with Gasteiger partial charge in [0.15, 0.2) is 49.2 Å². The monoisotopic (exact) mass is 1300 g/mol. The van der Waals surface area contributed by atoms with Gasteiger partial charge in [-0.25, -0.2) is 38.4 Å². The molecule has 96 heavy (non-hydrogen) atoms. The molecule has 2 heterocycles. The molecule has 2 aliphatic rings. The summed E-state index contributed by atoms with van der Waals surface area (Å²) in [7, 11) is 0. The summed E-state index contributed by atoms with van der Waals surface area (Å²) < 4.78 is 74.0. The lowest BCUT2D eigenvalue weighted by Gasteiger charge is -2.44. The smallest absolute Gasteiger partial charge is 0.338 e. The van der Waals surface area contributed by atoms with E-state index in [1.165, 1.54) is 78.9 Å². The lowest BCUT2D eigenvalue weighted by Crippen LogP contribution is -2.63. The molecule has 8 aromatic rings. The normalized spacial score (nSPS) is 20.3. The van der Waals surface area contributed by atoms with Gasteiger partial charge < -0.3 is 56.8 Å². The number of esters is 8. The SMILES string of the molecule is O=C(OCC1O[C@H](OCCC#C/C=C/CCO[C@@H]2OC(COC(=O)c3ccccc3)[C@H](OC(=O)c3ccccc3)[C@H](OC(=O)c3ccccc3)C2OC(=O)c2ccccc2)C(OC(=O)c2ccccc2)C(OC(=O)c2ccccc2)[C@@H]1OC(=O)c1ccccc1)c1ccccc1. The van der Waals surface area contributed by atoms with Crippen molar-refractivity contribution in [2.45, 2.75) is 74.3 Å². The molecule has 0 aromatic heterocycles. The fourth-order valence-corrected chi connectivity index (χ4v) is 10.1. The molecule has 0 spiro atoms. The van der Waals surface area contributed by atoms with Gasteiger partial charge >= 0.3 is 47.8 Å². The average molecular weight is 1300 g/mol. The molecule has 0 bridgehead atoms. The van der Waals surface area contributed by atoms with Crippen LogP contribution >= 0.6 is 0 Å². The molecule has 0 aliphatic carbocycles. The Morgan fingerprint density at radius 3 is 0.854 bits per heavy atom. The third kappa shape index (κ3) is 18.7. The average Bonchev–Trinajstić information content (AvgIpc) is 0.790. The third-order valence-electron chi connectivity index (χ3n) is 14.9. The number of hydrogen-bond donors (Lipinski definition) is 0. The Labute approximate surface area is 552 Å². The molecule has 10 atom stereocenters. The summed E-state index contributed by atoms with van der Waals surface area (Å²) in [5.41, 5.74) is 1.14. The summed E-state index contributed by atoms with van der Waals surface area (Å²) in [5.74, 6) is -0.755. The van der Waals surface area contributed by atoms with Crippen LogP contribution in [0.15, 0.2) is 255 Å². The maximum atomic E-state index is 14.1. The molecule has 20 nitrogen and oxygen atoms in total. The van der Waals surface area contributed by atoms with E-state index in [4.69, 9.17) is 56.8 Å². The van der Waals surface area contributed by atoms with Crippen molar-refractivity contribution in [2.24, 2.45) is 0 Å². The minimum absolute atomic E-state index is 0.0360. The molecule has 0 radical (unpaired) electrons. The van der Waals surface area contributed by atoms with Crippen LogP contribution in [-0.4, -0.2) is 136 Å². The zero-order valence-corrected chi connectivity index (χ0v) is 51.4. The summed E-state index contributed by atoms with van der Waals surface area (Å²) in [4.78, 5) is 111. The van der Waals surface area contributed by atoms with Crippen molar-refractivity contribution in [2.75, 3.05) is 26.4 Å². The molecular weight excluding hydrogens is 1230 g/mol. The Hall–Kier alpha value is -11.3. The first kappa shape index (κ1) is 67.5. The number of carbonyl (C=O) groups excluding carboxylic acids is 8. The standard InChI is InChI=1S/C76H64O20/c77-67(51-31-13-5-14-32-51)87-49-59-61(91-69(79)53-35-17-7-18-36-53)63(93-71(81)55-39-21-9-22-40-55)65(95-73(83)57-43-25-11-26-44-57)75(89-59)85-47-29-3-1-2-4-30-48-86-76-66(96-74(84)58-45-27-12-28-46-58)64(94-72(82)56-41-23-10-24-42-56)62(92-70(80)54-37-19-8-20-38-54)60(90-76)50-88-68(78)52-33-15-6-16-34-52/h1,3,5-28,31-46,59-66,75-76H,29-30,47-50H2/b3-1+/t59?,60?,61-,62+,63-,64?,65?,66?,75+,76-/m0/s1. The maximum absolute atomic E-state index is 14.1. The van der Waals surface area contributed by atoms with Crippen LogP contribution in [0.3, 0.4) is 0 Å². The van der Waals surface area contributed by atoms with Gasteiger partial charge in [0.1, 0.15) is 25.4 Å². The van der Waals surface area contributed by atoms with Gasteiger partial charge in [-0.15, -0.1) is 0 Å². The number of hydrogen-bond acceptors (Lipinski definition) is 20. The van der Waals surface area contributed by atoms with Crippen LogP contribution in [0, 0.1) is 11.8 Å². The molecule has 0 N–H and O–H groups in total. The Kier molecular flexibility index (Phi) is 24.3. The van der Waals surface area contributed by atoms with Crippen molar-refractivity contribution >= 4 is 47.8 Å². The van der Waals surface area contributed by atoms with E-state index < -0.39 is 122 Å².